The molecule has 0 bridgehead atoms. The summed E-state index contributed by atoms with van der Waals surface area (Å²) in [5.41, 5.74) is 5.23. The third-order valence-electron chi connectivity index (χ3n) is 3.14. The largest absolute Gasteiger partial charge is 0.489 e. The monoisotopic (exact) mass is 240 g/mol. The quantitative estimate of drug-likeness (QED) is 0.681. The van der Waals surface area contributed by atoms with E-state index in [9.17, 15) is 4.79 Å². The van der Waals surface area contributed by atoms with Gasteiger partial charge in [-0.1, -0.05) is 13.8 Å². The second kappa shape index (κ2) is 5.67. The van der Waals surface area contributed by atoms with Crippen molar-refractivity contribution in [2.45, 2.75) is 32.2 Å². The highest BCUT2D eigenvalue weighted by Crippen LogP contribution is 2.24. The van der Waals surface area contributed by atoms with Crippen LogP contribution in [0.3, 0.4) is 0 Å². The van der Waals surface area contributed by atoms with Crippen molar-refractivity contribution in [3.63, 3.8) is 0 Å². The number of aromatic nitrogens is 2. The molecule has 0 fully saturated rings. The standard InChI is InChI=1S/C11H20N4O2/c1-4-11(5-2,6-12)15-9-8(17-3)10(16)14-7-13-9/h7H,4-6,12H2,1-3H3,(H2,13,14,15,16). The molecule has 6 heteroatoms. The predicted molar refractivity (Wildman–Crippen MR) is 67.4 cm³/mol. The summed E-state index contributed by atoms with van der Waals surface area (Å²) >= 11 is 0. The summed E-state index contributed by atoms with van der Waals surface area (Å²) in [4.78, 5) is 18.1. The molecule has 0 spiro atoms. The Morgan fingerprint density at radius 1 is 1.53 bits per heavy atom. The van der Waals surface area contributed by atoms with E-state index in [-0.39, 0.29) is 16.8 Å². The molecule has 0 amide bonds. The first-order valence-electron chi connectivity index (χ1n) is 5.72. The zero-order valence-corrected chi connectivity index (χ0v) is 10.5. The van der Waals surface area contributed by atoms with Gasteiger partial charge >= 0.3 is 0 Å². The van der Waals surface area contributed by atoms with E-state index in [0.29, 0.717) is 12.4 Å². The number of nitrogens with two attached hydrogens (primary N) is 1. The number of anilines is 1. The van der Waals surface area contributed by atoms with Gasteiger partial charge in [0, 0.05) is 6.54 Å². The number of aromatic amines is 1. The van der Waals surface area contributed by atoms with Crippen molar-refractivity contribution in [1.29, 1.82) is 0 Å². The van der Waals surface area contributed by atoms with Crippen LogP contribution >= 0.6 is 0 Å². The van der Waals surface area contributed by atoms with Gasteiger partial charge < -0.3 is 20.8 Å². The van der Waals surface area contributed by atoms with Crippen LogP contribution in [-0.2, 0) is 0 Å². The highest BCUT2D eigenvalue weighted by Gasteiger charge is 2.26. The molecule has 96 valence electrons. The summed E-state index contributed by atoms with van der Waals surface area (Å²) in [5.74, 6) is 0.623. The molecular weight excluding hydrogens is 220 g/mol. The third kappa shape index (κ3) is 2.76. The molecule has 1 heterocycles. The first-order chi connectivity index (χ1) is 8.12. The Bertz CT molecular complexity index is 404. The molecule has 1 rings (SSSR count). The van der Waals surface area contributed by atoms with E-state index < -0.39 is 0 Å². The molecule has 1 aromatic rings. The van der Waals surface area contributed by atoms with Gasteiger partial charge in [0.15, 0.2) is 5.82 Å². The summed E-state index contributed by atoms with van der Waals surface area (Å²) in [7, 11) is 1.44. The van der Waals surface area contributed by atoms with Gasteiger partial charge in [-0.2, -0.15) is 0 Å². The van der Waals surface area contributed by atoms with Crippen molar-refractivity contribution in [3.05, 3.63) is 16.7 Å². The van der Waals surface area contributed by atoms with E-state index in [1.165, 1.54) is 13.4 Å². The normalized spacial score (nSPS) is 11.3. The molecule has 4 N–H and O–H groups in total. The van der Waals surface area contributed by atoms with Crippen molar-refractivity contribution in [2.24, 2.45) is 5.73 Å². The van der Waals surface area contributed by atoms with E-state index in [0.717, 1.165) is 12.8 Å². The third-order valence-corrected chi connectivity index (χ3v) is 3.14. The van der Waals surface area contributed by atoms with E-state index >= 15 is 0 Å². The Morgan fingerprint density at radius 3 is 2.65 bits per heavy atom. The summed E-state index contributed by atoms with van der Waals surface area (Å²) < 4.78 is 5.05. The van der Waals surface area contributed by atoms with E-state index in [4.69, 9.17) is 10.5 Å². The molecule has 0 saturated carbocycles. The fourth-order valence-corrected chi connectivity index (χ4v) is 1.68. The number of nitrogens with zero attached hydrogens (tertiary/aromatic N) is 1. The number of rotatable bonds is 6. The van der Waals surface area contributed by atoms with Crippen LogP contribution in [0.15, 0.2) is 11.1 Å². The first kappa shape index (κ1) is 13.5. The minimum absolute atomic E-state index is 0.187. The molecule has 0 aliphatic rings. The summed E-state index contributed by atoms with van der Waals surface area (Å²) in [6, 6.07) is 0. The average Bonchev–Trinajstić information content (AvgIpc) is 2.36. The molecule has 0 saturated heterocycles. The van der Waals surface area contributed by atoms with E-state index in [1.807, 2.05) is 13.8 Å². The van der Waals surface area contributed by atoms with Gasteiger partial charge in [0.1, 0.15) is 0 Å². The summed E-state index contributed by atoms with van der Waals surface area (Å²) in [6.07, 6.45) is 3.04. The van der Waals surface area contributed by atoms with Gasteiger partial charge in [0.25, 0.3) is 5.56 Å². The van der Waals surface area contributed by atoms with Crippen LogP contribution in [0.1, 0.15) is 26.7 Å². The van der Waals surface area contributed by atoms with Gasteiger partial charge in [-0.15, -0.1) is 0 Å². The van der Waals surface area contributed by atoms with Crippen molar-refractivity contribution < 1.29 is 4.74 Å². The molecule has 0 unspecified atom stereocenters. The second-order valence-electron chi connectivity index (χ2n) is 3.93. The lowest BCUT2D eigenvalue weighted by molar-refractivity contribution is 0.399. The maximum atomic E-state index is 11.5. The lowest BCUT2D eigenvalue weighted by atomic mass is 9.93. The Kier molecular flexibility index (Phi) is 4.51. The van der Waals surface area contributed by atoms with E-state index in [1.54, 1.807) is 0 Å². The SMILES string of the molecule is CCC(CC)(CN)Nc1nc[nH]c(=O)c1OC. The van der Waals surface area contributed by atoms with Crippen LogP contribution < -0.4 is 21.3 Å². The number of methoxy groups -OCH3 is 1. The molecule has 0 aliphatic heterocycles. The lowest BCUT2D eigenvalue weighted by Gasteiger charge is -2.32. The van der Waals surface area contributed by atoms with Gasteiger partial charge in [-0.05, 0) is 12.8 Å². The van der Waals surface area contributed by atoms with Crippen molar-refractivity contribution in [2.75, 3.05) is 19.0 Å². The van der Waals surface area contributed by atoms with Gasteiger partial charge in [0.2, 0.25) is 5.75 Å². The molecule has 6 nitrogen and oxygen atoms in total. The molecule has 0 atom stereocenters. The van der Waals surface area contributed by atoms with Crippen LogP contribution in [0.25, 0.3) is 0 Å². The van der Waals surface area contributed by atoms with Crippen molar-refractivity contribution in [1.82, 2.24) is 9.97 Å². The topological polar surface area (TPSA) is 93.0 Å². The highest BCUT2D eigenvalue weighted by molar-refractivity contribution is 5.50. The predicted octanol–water partition coefficient (Wildman–Crippen LogP) is 0.708. The van der Waals surface area contributed by atoms with Crippen LogP contribution in [0.5, 0.6) is 5.75 Å². The van der Waals surface area contributed by atoms with E-state index in [2.05, 4.69) is 15.3 Å². The number of nitrogens with one attached hydrogen (secondary N) is 2. The van der Waals surface area contributed by atoms with Crippen LogP contribution in [-0.4, -0.2) is 29.2 Å². The number of hydrogen-bond donors (Lipinski definition) is 3. The fraction of sp³-hybridized carbons (Fsp3) is 0.636. The molecule has 0 aliphatic carbocycles. The Balaban J connectivity index is 3.09. The van der Waals surface area contributed by atoms with Crippen LogP contribution in [0, 0.1) is 0 Å². The fourth-order valence-electron chi connectivity index (χ4n) is 1.68. The maximum absolute atomic E-state index is 11.5. The number of hydrogen-bond acceptors (Lipinski definition) is 5. The lowest BCUT2D eigenvalue weighted by Crippen LogP contribution is -2.45. The molecule has 0 radical (unpaired) electrons. The van der Waals surface area contributed by atoms with Crippen molar-refractivity contribution in [3.8, 4) is 5.75 Å². The Hall–Kier alpha value is -1.56. The first-order valence-corrected chi connectivity index (χ1v) is 5.72. The zero-order valence-electron chi connectivity index (χ0n) is 10.5. The second-order valence-corrected chi connectivity index (χ2v) is 3.93. The smallest absolute Gasteiger partial charge is 0.295 e. The molecule has 1 aromatic heterocycles. The Labute approximate surface area is 101 Å². The van der Waals surface area contributed by atoms with Crippen LogP contribution in [0.4, 0.5) is 5.82 Å². The summed E-state index contributed by atoms with van der Waals surface area (Å²) in [5, 5.41) is 3.22. The molecule has 0 aromatic carbocycles. The Morgan fingerprint density at radius 2 is 2.18 bits per heavy atom. The number of H-pyrrole nitrogens is 1. The highest BCUT2D eigenvalue weighted by atomic mass is 16.5. The van der Waals surface area contributed by atoms with Gasteiger partial charge in [0.05, 0.1) is 19.0 Å². The van der Waals surface area contributed by atoms with Crippen molar-refractivity contribution >= 4 is 5.82 Å². The van der Waals surface area contributed by atoms with Crippen LogP contribution in [0.2, 0.25) is 0 Å². The average molecular weight is 240 g/mol. The molecule has 17 heavy (non-hydrogen) atoms. The van der Waals surface area contributed by atoms with Gasteiger partial charge in [-0.25, -0.2) is 4.98 Å². The summed E-state index contributed by atoms with van der Waals surface area (Å²) in [6.45, 7) is 4.56. The minimum Gasteiger partial charge on any atom is -0.489 e. The maximum Gasteiger partial charge on any atom is 0.295 e. The molecular formula is C11H20N4O2. The minimum atomic E-state index is -0.303. The number of ether oxygens (including phenoxy) is 1. The zero-order chi connectivity index (χ0) is 12.9. The van der Waals surface area contributed by atoms with Gasteiger partial charge in [-0.3, -0.25) is 4.79 Å².